The summed E-state index contributed by atoms with van der Waals surface area (Å²) in [7, 11) is -8.66. The molecule has 0 unspecified atom stereocenters. The van der Waals surface area contributed by atoms with E-state index in [1.807, 2.05) is 36.4 Å². The summed E-state index contributed by atoms with van der Waals surface area (Å²) < 4.78 is 63.3. The molecule has 0 aromatic carbocycles. The van der Waals surface area contributed by atoms with E-state index in [2.05, 4.69) is 11.1 Å². The summed E-state index contributed by atoms with van der Waals surface area (Å²) >= 11 is 0. The second-order valence-electron chi connectivity index (χ2n) is 3.02. The number of aromatic nitrogens is 2. The maximum absolute atomic E-state index is 10.7. The molecule has 2 nitrogen and oxygen atoms in total. The van der Waals surface area contributed by atoms with E-state index >= 15 is 0 Å². The molecule has 0 saturated carbocycles. The molecule has 1 aromatic heterocycles. The Morgan fingerprint density at radius 2 is 1.69 bits per heavy atom. The van der Waals surface area contributed by atoms with Gasteiger partial charge < -0.3 is 0 Å². The Balaban J connectivity index is 0.000000293. The quantitative estimate of drug-likeness (QED) is 0.333. The summed E-state index contributed by atoms with van der Waals surface area (Å²) in [6, 6.07) is 0. The summed E-state index contributed by atoms with van der Waals surface area (Å²) in [5, 5.41) is 0. The fourth-order valence-electron chi connectivity index (χ4n) is 0.759. The van der Waals surface area contributed by atoms with Gasteiger partial charge in [-0.1, -0.05) is 12.7 Å². The number of imidazole rings is 1. The van der Waals surface area contributed by atoms with Crippen molar-refractivity contribution in [2.75, 3.05) is 0 Å². The van der Waals surface area contributed by atoms with Gasteiger partial charge >= 0.3 is 33.0 Å². The normalized spacial score (nSPS) is 15.4. The predicted octanol–water partition coefficient (Wildman–Crippen LogP) is 3.88. The van der Waals surface area contributed by atoms with Crippen molar-refractivity contribution in [2.45, 2.75) is 6.54 Å². The second-order valence-corrected chi connectivity index (χ2v) is 4.94. The van der Waals surface area contributed by atoms with Crippen molar-refractivity contribution in [3.05, 3.63) is 31.4 Å². The molecule has 0 aliphatic heterocycles. The molecule has 1 rings (SSSR count). The fraction of sp³-hybridized carbons (Fsp3) is 0.286. The van der Waals surface area contributed by atoms with E-state index in [0.29, 0.717) is 0 Å². The van der Waals surface area contributed by atoms with Crippen LogP contribution in [-0.4, -0.2) is 4.57 Å². The number of nitrogens with zero attached hydrogens (tertiary/aromatic N) is 2. The fourth-order valence-corrected chi connectivity index (χ4v) is 0.759. The summed E-state index contributed by atoms with van der Waals surface area (Å²) in [5.74, 6) is 0. The van der Waals surface area contributed by atoms with Crippen molar-refractivity contribution in [3.63, 3.8) is 0 Å². The molecule has 0 saturated heterocycles. The molecule has 0 spiro atoms. The van der Waals surface area contributed by atoms with Gasteiger partial charge in [0.05, 0.1) is 7.05 Å². The topological polar surface area (TPSA) is 8.81 Å². The van der Waals surface area contributed by atoms with Crippen molar-refractivity contribution in [2.24, 2.45) is 7.05 Å². The van der Waals surface area contributed by atoms with Crippen molar-refractivity contribution < 1.29 is 29.7 Å². The molecule has 1 heterocycles. The van der Waals surface area contributed by atoms with Crippen LogP contribution in [0.5, 0.6) is 0 Å². The molecular formula is C7H11F6N2P. The van der Waals surface area contributed by atoms with Crippen LogP contribution in [0.25, 0.3) is 0 Å². The van der Waals surface area contributed by atoms with Crippen LogP contribution in [0.1, 0.15) is 0 Å². The van der Waals surface area contributed by atoms with Gasteiger partial charge in [-0.15, -0.1) is 0 Å². The Morgan fingerprint density at radius 3 is 1.94 bits per heavy atom. The number of aryl methyl sites for hydroxylation is 1. The monoisotopic (exact) mass is 268 g/mol. The van der Waals surface area contributed by atoms with Crippen LogP contribution in [0.4, 0.5) is 25.2 Å². The average molecular weight is 268 g/mol. The van der Waals surface area contributed by atoms with Gasteiger partial charge in [-0.2, -0.15) is 0 Å². The van der Waals surface area contributed by atoms with E-state index < -0.39 is 7.81 Å². The van der Waals surface area contributed by atoms with Crippen molar-refractivity contribution in [3.8, 4) is 0 Å². The molecule has 16 heavy (non-hydrogen) atoms. The van der Waals surface area contributed by atoms with Gasteiger partial charge in [-0.05, 0) is 0 Å². The van der Waals surface area contributed by atoms with Gasteiger partial charge in [0.1, 0.15) is 18.9 Å². The number of hydrogen-bond acceptors (Lipinski definition) is 0. The summed E-state index contributed by atoms with van der Waals surface area (Å²) in [6.07, 6.45) is 7.91. The van der Waals surface area contributed by atoms with Crippen LogP contribution >= 0.6 is 7.81 Å². The van der Waals surface area contributed by atoms with Gasteiger partial charge in [0.15, 0.2) is 0 Å². The van der Waals surface area contributed by atoms with E-state index in [1.54, 1.807) is 0 Å². The summed E-state index contributed by atoms with van der Waals surface area (Å²) in [4.78, 5) is 0. The van der Waals surface area contributed by atoms with Crippen LogP contribution in [0.3, 0.4) is 0 Å². The first-order valence-electron chi connectivity index (χ1n) is 3.96. The van der Waals surface area contributed by atoms with Crippen LogP contribution in [0.2, 0.25) is 0 Å². The number of hydrogen-bond donors (Lipinski definition) is 0. The van der Waals surface area contributed by atoms with E-state index in [0.717, 1.165) is 6.54 Å². The SMILES string of the molecule is C=CCn1cc[n+](C)c1.F[P-](F)(F)(F)(F)F. The molecule has 0 aliphatic carbocycles. The van der Waals surface area contributed by atoms with Gasteiger partial charge in [-0.25, -0.2) is 9.13 Å². The first-order chi connectivity index (χ1) is 6.78. The first-order valence-corrected chi connectivity index (χ1v) is 5.99. The van der Waals surface area contributed by atoms with E-state index in [-0.39, 0.29) is 0 Å². The number of rotatable bonds is 2. The Hall–Kier alpha value is -1.04. The molecule has 9 heteroatoms. The van der Waals surface area contributed by atoms with Gasteiger partial charge in [0.2, 0.25) is 6.33 Å². The Labute approximate surface area is 88.0 Å². The minimum absolute atomic E-state index is 0.890. The van der Waals surface area contributed by atoms with Gasteiger partial charge in [-0.3, -0.25) is 0 Å². The van der Waals surface area contributed by atoms with Crippen molar-refractivity contribution in [1.82, 2.24) is 4.57 Å². The maximum atomic E-state index is 9.87. The molecule has 96 valence electrons. The summed E-state index contributed by atoms with van der Waals surface area (Å²) in [5.41, 5.74) is 0. The van der Waals surface area contributed by atoms with Crippen LogP contribution in [0.15, 0.2) is 31.4 Å². The Kier molecular flexibility index (Phi) is 3.52. The molecule has 0 radical (unpaired) electrons. The van der Waals surface area contributed by atoms with Crippen LogP contribution < -0.4 is 4.57 Å². The third-order valence-electron chi connectivity index (χ3n) is 1.16. The third kappa shape index (κ3) is 15.4. The minimum atomic E-state index is -10.7. The third-order valence-corrected chi connectivity index (χ3v) is 1.16. The molecule has 0 fully saturated rings. The average Bonchev–Trinajstić information content (AvgIpc) is 2.29. The van der Waals surface area contributed by atoms with Gasteiger partial charge in [0, 0.05) is 0 Å². The summed E-state index contributed by atoms with van der Waals surface area (Å²) in [6.45, 7) is 4.52. The molecule has 0 bridgehead atoms. The van der Waals surface area contributed by atoms with Gasteiger partial charge in [0.25, 0.3) is 0 Å². The molecule has 0 aliphatic rings. The molecule has 1 aromatic rings. The Morgan fingerprint density at radius 1 is 1.25 bits per heavy atom. The van der Waals surface area contributed by atoms with E-state index in [1.165, 1.54) is 0 Å². The zero-order valence-corrected chi connectivity index (χ0v) is 9.23. The number of allylic oxidation sites excluding steroid dienone is 1. The molecule has 0 N–H and O–H groups in total. The molecular weight excluding hydrogens is 257 g/mol. The van der Waals surface area contributed by atoms with Crippen molar-refractivity contribution >= 4 is 7.81 Å². The molecule has 0 amide bonds. The van der Waals surface area contributed by atoms with E-state index in [9.17, 15) is 25.2 Å². The standard InChI is InChI=1S/C7H11N2.F6P/c1-3-4-9-6-5-8(2)7-9;1-7(2,3,4,5)6/h3,5-7H,1,4H2,2H3;/q+1;-1. The number of halogens is 6. The second kappa shape index (κ2) is 3.76. The van der Waals surface area contributed by atoms with Crippen LogP contribution in [0, 0.1) is 0 Å². The molecule has 0 atom stereocenters. The van der Waals surface area contributed by atoms with Crippen LogP contribution in [-0.2, 0) is 13.6 Å². The predicted molar refractivity (Wildman–Crippen MR) is 49.4 cm³/mol. The van der Waals surface area contributed by atoms with Crippen molar-refractivity contribution in [1.29, 1.82) is 0 Å². The zero-order chi connectivity index (χ0) is 13.1. The zero-order valence-electron chi connectivity index (χ0n) is 8.33. The Bertz CT molecular complexity index is 353. The van der Waals surface area contributed by atoms with E-state index in [4.69, 9.17) is 0 Å². The first kappa shape index (κ1) is 15.0.